The summed E-state index contributed by atoms with van der Waals surface area (Å²) in [4.78, 5) is 24.1. The summed E-state index contributed by atoms with van der Waals surface area (Å²) >= 11 is 0. The minimum atomic E-state index is -0.444. The van der Waals surface area contributed by atoms with Crippen molar-refractivity contribution < 1.29 is 29.3 Å². The highest BCUT2D eigenvalue weighted by Crippen LogP contribution is 2.28. The van der Waals surface area contributed by atoms with Crippen molar-refractivity contribution in [2.24, 2.45) is 11.8 Å². The van der Waals surface area contributed by atoms with E-state index in [-0.39, 0.29) is 42.0 Å². The number of rotatable bonds is 8. The lowest BCUT2D eigenvalue weighted by Crippen LogP contribution is -2.34. The van der Waals surface area contributed by atoms with Crippen LogP contribution < -0.4 is 0 Å². The van der Waals surface area contributed by atoms with Crippen molar-refractivity contribution >= 4 is 11.6 Å². The van der Waals surface area contributed by atoms with Gasteiger partial charge in [-0.15, -0.1) is 0 Å². The number of allylic oxidation sites excluding steroid dienone is 4. The fraction of sp³-hybridized carbons (Fsp3) is 0.714. The maximum atomic E-state index is 12.0. The van der Waals surface area contributed by atoms with Crippen LogP contribution in [0.2, 0.25) is 0 Å². The van der Waals surface area contributed by atoms with E-state index in [4.69, 9.17) is 9.47 Å². The number of aliphatic hydroxyl groups is 2. The maximum absolute atomic E-state index is 12.0. The number of hydrogen-bond donors (Lipinski definition) is 2. The van der Waals surface area contributed by atoms with Crippen molar-refractivity contribution in [1.29, 1.82) is 0 Å². The minimum Gasteiger partial charge on any atom is -0.390 e. The predicted molar refractivity (Wildman–Crippen MR) is 101 cm³/mol. The molecule has 0 spiro atoms. The molecule has 6 unspecified atom stereocenters. The van der Waals surface area contributed by atoms with Crippen LogP contribution in [-0.4, -0.2) is 60.4 Å². The van der Waals surface area contributed by atoms with Gasteiger partial charge in [0, 0.05) is 14.2 Å². The molecule has 2 aliphatic rings. The first-order valence-electron chi connectivity index (χ1n) is 9.76. The Kier molecular flexibility index (Phi) is 8.83. The second-order valence-electron chi connectivity index (χ2n) is 7.66. The minimum absolute atomic E-state index is 0.140. The Morgan fingerprint density at radius 1 is 0.815 bits per heavy atom. The Morgan fingerprint density at radius 2 is 1.22 bits per heavy atom. The highest BCUT2D eigenvalue weighted by molar-refractivity contribution is 6.08. The molecule has 6 heteroatoms. The number of hydrogen-bond acceptors (Lipinski definition) is 6. The monoisotopic (exact) mass is 380 g/mol. The Labute approximate surface area is 161 Å². The molecule has 0 aromatic rings. The second-order valence-corrected chi connectivity index (χ2v) is 7.66. The molecule has 27 heavy (non-hydrogen) atoms. The van der Waals surface area contributed by atoms with Gasteiger partial charge in [-0.25, -0.2) is 0 Å². The van der Waals surface area contributed by atoms with Crippen molar-refractivity contribution in [2.75, 3.05) is 14.2 Å². The summed E-state index contributed by atoms with van der Waals surface area (Å²) in [6.45, 7) is 0. The van der Waals surface area contributed by atoms with Gasteiger partial charge in [0.2, 0.25) is 0 Å². The van der Waals surface area contributed by atoms with E-state index in [0.29, 0.717) is 25.7 Å². The molecule has 2 saturated carbocycles. The lowest BCUT2D eigenvalue weighted by Gasteiger charge is -2.30. The molecule has 0 amide bonds. The van der Waals surface area contributed by atoms with Crippen LogP contribution in [0, 0.1) is 11.8 Å². The van der Waals surface area contributed by atoms with Gasteiger partial charge in [0.05, 0.1) is 30.8 Å². The lowest BCUT2D eigenvalue weighted by molar-refractivity contribution is -0.122. The molecule has 0 aliphatic heterocycles. The fourth-order valence-electron chi connectivity index (χ4n) is 3.92. The molecular formula is C21H32O6. The highest BCUT2D eigenvalue weighted by atomic mass is 16.5. The Morgan fingerprint density at radius 3 is 1.59 bits per heavy atom. The Bertz CT molecular complexity index is 507. The standard InChI is InChI=1S/C21H32O6/c1-26-20-11-14(5-9-18(20)24)3-7-16(22)13-17(23)8-4-15-6-10-19(25)21(12-15)27-2/h3-4,7-8,14-15,18-21,24-25H,5-6,9-13H2,1-2H3/b7-3-,8-4+. The zero-order valence-electron chi connectivity index (χ0n) is 16.3. The molecule has 152 valence electrons. The quantitative estimate of drug-likeness (QED) is 0.494. The number of ketones is 2. The van der Waals surface area contributed by atoms with E-state index in [9.17, 15) is 19.8 Å². The zero-order chi connectivity index (χ0) is 19.8. The van der Waals surface area contributed by atoms with Gasteiger partial charge in [-0.3, -0.25) is 9.59 Å². The molecule has 0 radical (unpaired) electrons. The molecular weight excluding hydrogens is 348 g/mol. The SMILES string of the molecule is COC1CC(/C=C\C(=O)CC(=O)/C=C/C2CCC(O)C(OC)C2)CCC1O. The topological polar surface area (TPSA) is 93.1 Å². The third-order valence-electron chi connectivity index (χ3n) is 5.66. The molecule has 2 fully saturated rings. The molecule has 0 aromatic heterocycles. The molecule has 0 bridgehead atoms. The lowest BCUT2D eigenvalue weighted by atomic mass is 9.84. The first-order valence-corrected chi connectivity index (χ1v) is 9.76. The van der Waals surface area contributed by atoms with Gasteiger partial charge < -0.3 is 19.7 Å². The van der Waals surface area contributed by atoms with Gasteiger partial charge in [0.1, 0.15) is 0 Å². The van der Waals surface area contributed by atoms with Gasteiger partial charge in [0.15, 0.2) is 11.6 Å². The van der Waals surface area contributed by atoms with Gasteiger partial charge in [0.25, 0.3) is 0 Å². The average Bonchev–Trinajstić information content (AvgIpc) is 2.66. The van der Waals surface area contributed by atoms with Crippen LogP contribution in [0.25, 0.3) is 0 Å². The summed E-state index contributed by atoms with van der Waals surface area (Å²) in [6, 6.07) is 0. The number of methoxy groups -OCH3 is 2. The summed E-state index contributed by atoms with van der Waals surface area (Å²) in [7, 11) is 3.16. The predicted octanol–water partition coefficient (Wildman–Crippen LogP) is 1.98. The van der Waals surface area contributed by atoms with Crippen molar-refractivity contribution in [3.8, 4) is 0 Å². The van der Waals surface area contributed by atoms with E-state index in [2.05, 4.69) is 0 Å². The van der Waals surface area contributed by atoms with Crippen LogP contribution in [0.1, 0.15) is 44.9 Å². The van der Waals surface area contributed by atoms with Crippen LogP contribution in [0.4, 0.5) is 0 Å². The number of carbonyl (C=O) groups excluding carboxylic acids is 2. The van der Waals surface area contributed by atoms with E-state index in [1.165, 1.54) is 12.2 Å². The molecule has 6 atom stereocenters. The maximum Gasteiger partial charge on any atom is 0.163 e. The Hall–Kier alpha value is -1.34. The van der Waals surface area contributed by atoms with E-state index < -0.39 is 12.2 Å². The second kappa shape index (κ2) is 10.9. The summed E-state index contributed by atoms with van der Waals surface area (Å²) in [5.74, 6) is -0.0441. The van der Waals surface area contributed by atoms with Crippen LogP contribution >= 0.6 is 0 Å². The van der Waals surface area contributed by atoms with E-state index >= 15 is 0 Å². The van der Waals surface area contributed by atoms with Crippen molar-refractivity contribution in [2.45, 2.75) is 69.4 Å². The molecule has 0 aromatic carbocycles. The summed E-state index contributed by atoms with van der Waals surface area (Å²) < 4.78 is 10.5. The Balaban J connectivity index is 1.76. The number of carbonyl (C=O) groups is 2. The van der Waals surface area contributed by atoms with Crippen molar-refractivity contribution in [1.82, 2.24) is 0 Å². The van der Waals surface area contributed by atoms with Crippen LogP contribution in [0.3, 0.4) is 0 Å². The van der Waals surface area contributed by atoms with E-state index in [1.807, 2.05) is 12.2 Å². The van der Waals surface area contributed by atoms with Crippen molar-refractivity contribution in [3.05, 3.63) is 24.3 Å². The number of aliphatic hydroxyl groups excluding tert-OH is 2. The highest BCUT2D eigenvalue weighted by Gasteiger charge is 2.28. The van der Waals surface area contributed by atoms with Gasteiger partial charge in [-0.2, -0.15) is 0 Å². The molecule has 0 heterocycles. The summed E-state index contributed by atoms with van der Waals surface area (Å²) in [5.41, 5.74) is 0. The summed E-state index contributed by atoms with van der Waals surface area (Å²) in [6.07, 6.45) is 9.52. The molecule has 2 aliphatic carbocycles. The first kappa shape index (κ1) is 22.0. The fourth-order valence-corrected chi connectivity index (χ4v) is 3.92. The van der Waals surface area contributed by atoms with Gasteiger partial charge in [-0.1, -0.05) is 12.2 Å². The first-order chi connectivity index (χ1) is 12.9. The average molecular weight is 380 g/mol. The third kappa shape index (κ3) is 6.96. The largest absolute Gasteiger partial charge is 0.390 e. The zero-order valence-corrected chi connectivity index (χ0v) is 16.3. The molecule has 2 rings (SSSR count). The normalized spacial score (nSPS) is 35.0. The van der Waals surface area contributed by atoms with Crippen molar-refractivity contribution in [3.63, 3.8) is 0 Å². The van der Waals surface area contributed by atoms with Gasteiger partial charge >= 0.3 is 0 Å². The van der Waals surface area contributed by atoms with E-state index in [0.717, 1.165) is 12.8 Å². The van der Waals surface area contributed by atoms with Crippen LogP contribution in [-0.2, 0) is 19.1 Å². The van der Waals surface area contributed by atoms with Crippen LogP contribution in [0.5, 0.6) is 0 Å². The summed E-state index contributed by atoms with van der Waals surface area (Å²) in [5, 5.41) is 19.6. The smallest absolute Gasteiger partial charge is 0.163 e. The van der Waals surface area contributed by atoms with Crippen LogP contribution in [0.15, 0.2) is 24.3 Å². The van der Waals surface area contributed by atoms with Gasteiger partial charge in [-0.05, 0) is 62.5 Å². The number of ether oxygens (including phenoxy) is 2. The van der Waals surface area contributed by atoms with E-state index in [1.54, 1.807) is 14.2 Å². The molecule has 2 N–H and O–H groups in total. The molecule has 0 saturated heterocycles. The third-order valence-corrected chi connectivity index (χ3v) is 5.66. The molecule has 6 nitrogen and oxygen atoms in total.